The predicted octanol–water partition coefficient (Wildman–Crippen LogP) is 3.77. The summed E-state index contributed by atoms with van der Waals surface area (Å²) in [6.07, 6.45) is 3.54. The molecule has 162 valence electrons. The minimum Gasteiger partial charge on any atom is -0.355 e. The van der Waals surface area contributed by atoms with Gasteiger partial charge in [0, 0.05) is 23.8 Å². The van der Waals surface area contributed by atoms with E-state index in [1.807, 2.05) is 0 Å². The zero-order valence-corrected chi connectivity index (χ0v) is 19.3. The number of hydrogen-bond donors (Lipinski definition) is 2. The molecule has 2 heterocycles. The molecular formula is C20H26ClN5O2S2. The molecule has 1 atom stereocenters. The molecule has 1 saturated heterocycles. The monoisotopic (exact) mass is 467 g/mol. The third kappa shape index (κ3) is 7.54. The molecule has 1 aliphatic rings. The molecular weight excluding hydrogens is 442 g/mol. The highest BCUT2D eigenvalue weighted by atomic mass is 35.5. The van der Waals surface area contributed by atoms with Crippen LogP contribution in [0.15, 0.2) is 28.6 Å². The molecule has 0 bridgehead atoms. The molecule has 2 aromatic rings. The molecule has 1 fully saturated rings. The average Bonchev–Trinajstić information content (AvgIpc) is 3.21. The van der Waals surface area contributed by atoms with E-state index in [0.717, 1.165) is 25.4 Å². The molecule has 0 radical (unpaired) electrons. The Bertz CT molecular complexity index is 846. The number of piperidine rings is 1. The fourth-order valence-corrected chi connectivity index (χ4v) is 4.98. The largest absolute Gasteiger partial charge is 0.355 e. The van der Waals surface area contributed by atoms with Gasteiger partial charge in [0.15, 0.2) is 4.34 Å². The second-order valence-corrected chi connectivity index (χ2v) is 10.0. The Morgan fingerprint density at radius 1 is 1.30 bits per heavy atom. The quantitative estimate of drug-likeness (QED) is 0.431. The first-order valence-corrected chi connectivity index (χ1v) is 12.2. The van der Waals surface area contributed by atoms with Gasteiger partial charge in [-0.25, -0.2) is 0 Å². The van der Waals surface area contributed by atoms with E-state index in [2.05, 4.69) is 32.7 Å². The van der Waals surface area contributed by atoms with Gasteiger partial charge < -0.3 is 15.5 Å². The fourth-order valence-electron chi connectivity index (χ4n) is 3.28. The molecule has 10 heteroatoms. The molecule has 30 heavy (non-hydrogen) atoms. The van der Waals surface area contributed by atoms with E-state index in [-0.39, 0.29) is 22.6 Å². The van der Waals surface area contributed by atoms with Crippen LogP contribution in [-0.2, 0) is 4.79 Å². The van der Waals surface area contributed by atoms with Crippen molar-refractivity contribution in [2.75, 3.05) is 37.2 Å². The van der Waals surface area contributed by atoms with E-state index in [1.54, 1.807) is 24.3 Å². The lowest BCUT2D eigenvalue weighted by atomic mass is 10.0. The van der Waals surface area contributed by atoms with E-state index in [9.17, 15) is 9.59 Å². The topological polar surface area (TPSA) is 87.2 Å². The number of nitrogens with one attached hydrogen (secondary N) is 2. The summed E-state index contributed by atoms with van der Waals surface area (Å²) in [4.78, 5) is 26.8. The first-order chi connectivity index (χ1) is 14.5. The Morgan fingerprint density at radius 3 is 2.87 bits per heavy atom. The minimum atomic E-state index is -0.335. The number of rotatable bonds is 9. The minimum absolute atomic E-state index is 0.0330. The summed E-state index contributed by atoms with van der Waals surface area (Å²) in [5.41, 5.74) is 0.632. The van der Waals surface area contributed by atoms with Gasteiger partial charge in [-0.1, -0.05) is 41.6 Å². The van der Waals surface area contributed by atoms with E-state index in [1.165, 1.54) is 42.5 Å². The van der Waals surface area contributed by atoms with Gasteiger partial charge >= 0.3 is 0 Å². The summed E-state index contributed by atoms with van der Waals surface area (Å²) in [6.45, 7) is 6.33. The second kappa shape index (κ2) is 11.6. The summed E-state index contributed by atoms with van der Waals surface area (Å²) in [5, 5.41) is 14.5. The zero-order chi connectivity index (χ0) is 21.3. The maximum atomic E-state index is 12.2. The molecule has 0 spiro atoms. The highest BCUT2D eigenvalue weighted by molar-refractivity contribution is 8.01. The summed E-state index contributed by atoms with van der Waals surface area (Å²) in [7, 11) is 0. The van der Waals surface area contributed by atoms with Crippen LogP contribution in [-0.4, -0.2) is 58.8 Å². The lowest BCUT2D eigenvalue weighted by Gasteiger charge is -2.30. The number of benzene rings is 1. The fraction of sp³-hybridized carbons (Fsp3) is 0.500. The number of thioether (sulfide) groups is 1. The summed E-state index contributed by atoms with van der Waals surface area (Å²) >= 11 is 8.29. The van der Waals surface area contributed by atoms with Crippen molar-refractivity contribution in [3.63, 3.8) is 0 Å². The lowest BCUT2D eigenvalue weighted by molar-refractivity contribution is -0.118. The molecule has 0 aliphatic carbocycles. The lowest BCUT2D eigenvalue weighted by Crippen LogP contribution is -2.36. The van der Waals surface area contributed by atoms with Crippen molar-refractivity contribution in [1.29, 1.82) is 0 Å². The number of hydrogen-bond acceptors (Lipinski definition) is 7. The third-order valence-corrected chi connectivity index (χ3v) is 7.05. The predicted molar refractivity (Wildman–Crippen MR) is 123 cm³/mol. The smallest absolute Gasteiger partial charge is 0.286 e. The zero-order valence-electron chi connectivity index (χ0n) is 16.9. The van der Waals surface area contributed by atoms with Crippen molar-refractivity contribution in [1.82, 2.24) is 20.4 Å². The second-order valence-electron chi connectivity index (χ2n) is 7.37. The van der Waals surface area contributed by atoms with Gasteiger partial charge in [0.2, 0.25) is 10.9 Å². The molecule has 0 saturated carbocycles. The van der Waals surface area contributed by atoms with Gasteiger partial charge in [0.1, 0.15) is 0 Å². The van der Waals surface area contributed by atoms with Crippen molar-refractivity contribution >= 4 is 52.2 Å². The molecule has 2 N–H and O–H groups in total. The maximum absolute atomic E-state index is 12.2. The summed E-state index contributed by atoms with van der Waals surface area (Å²) in [6, 6.07) is 6.83. The number of aromatic nitrogens is 2. The van der Waals surface area contributed by atoms with Crippen LogP contribution in [0.4, 0.5) is 5.69 Å². The SMILES string of the molecule is C[C@@H]1CCCN(CCCNC(=O)CSc2nnc(C(=O)Nc3ccc(Cl)cc3)s2)C1. The number of anilines is 1. The van der Waals surface area contributed by atoms with Crippen LogP contribution in [0.2, 0.25) is 5.02 Å². The molecule has 7 nitrogen and oxygen atoms in total. The van der Waals surface area contributed by atoms with Crippen molar-refractivity contribution in [3.8, 4) is 0 Å². The van der Waals surface area contributed by atoms with Gasteiger partial charge in [-0.2, -0.15) is 0 Å². The van der Waals surface area contributed by atoms with Crippen LogP contribution in [0.3, 0.4) is 0 Å². The van der Waals surface area contributed by atoms with Crippen LogP contribution in [0, 0.1) is 5.92 Å². The number of amides is 2. The highest BCUT2D eigenvalue weighted by Gasteiger charge is 2.16. The molecule has 1 aromatic carbocycles. The van der Waals surface area contributed by atoms with Gasteiger partial charge in [-0.3, -0.25) is 9.59 Å². The Kier molecular flexibility index (Phi) is 8.92. The Balaban J connectivity index is 1.33. The van der Waals surface area contributed by atoms with Gasteiger partial charge in [0.05, 0.1) is 5.75 Å². The van der Waals surface area contributed by atoms with Gasteiger partial charge in [-0.05, 0) is 62.5 Å². The van der Waals surface area contributed by atoms with Crippen LogP contribution in [0.5, 0.6) is 0 Å². The average molecular weight is 468 g/mol. The first kappa shape index (κ1) is 23.0. The standard InChI is InChI=1S/C20H26ClN5O2S2/c1-14-4-2-10-26(12-14)11-3-9-22-17(27)13-29-20-25-24-19(30-20)18(28)23-16-7-5-15(21)6-8-16/h5-8,14H,2-4,9-13H2,1H3,(H,22,27)(H,23,28)/t14-/m1/s1. The maximum Gasteiger partial charge on any atom is 0.286 e. The van der Waals surface area contributed by atoms with E-state index in [4.69, 9.17) is 11.6 Å². The molecule has 2 amide bonds. The number of likely N-dealkylation sites (tertiary alicyclic amines) is 1. The van der Waals surface area contributed by atoms with Gasteiger partial charge in [0.25, 0.3) is 5.91 Å². The molecule has 1 aliphatic heterocycles. The van der Waals surface area contributed by atoms with Crippen molar-refractivity contribution in [2.45, 2.75) is 30.5 Å². The van der Waals surface area contributed by atoms with Crippen molar-refractivity contribution in [3.05, 3.63) is 34.3 Å². The van der Waals surface area contributed by atoms with Crippen molar-refractivity contribution in [2.24, 2.45) is 5.92 Å². The van der Waals surface area contributed by atoms with Gasteiger partial charge in [-0.15, -0.1) is 10.2 Å². The van der Waals surface area contributed by atoms with E-state index in [0.29, 0.717) is 21.6 Å². The van der Waals surface area contributed by atoms with E-state index < -0.39 is 0 Å². The van der Waals surface area contributed by atoms with E-state index >= 15 is 0 Å². The molecule has 0 unspecified atom stereocenters. The Hall–Kier alpha value is -1.68. The highest BCUT2D eigenvalue weighted by Crippen LogP contribution is 2.23. The normalized spacial score (nSPS) is 16.9. The number of carbonyl (C=O) groups excluding carboxylic acids is 2. The summed E-state index contributed by atoms with van der Waals surface area (Å²) < 4.78 is 0.591. The van der Waals surface area contributed by atoms with Crippen LogP contribution < -0.4 is 10.6 Å². The number of carbonyl (C=O) groups is 2. The molecule has 3 rings (SSSR count). The van der Waals surface area contributed by atoms with Crippen molar-refractivity contribution < 1.29 is 9.59 Å². The number of nitrogens with zero attached hydrogens (tertiary/aromatic N) is 3. The first-order valence-electron chi connectivity index (χ1n) is 10.0. The summed E-state index contributed by atoms with van der Waals surface area (Å²) in [5.74, 6) is 0.663. The Labute approximate surface area is 190 Å². The Morgan fingerprint density at radius 2 is 2.10 bits per heavy atom. The van der Waals surface area contributed by atoms with Crippen LogP contribution >= 0.6 is 34.7 Å². The van der Waals surface area contributed by atoms with Crippen LogP contribution in [0.25, 0.3) is 0 Å². The molecule has 1 aromatic heterocycles. The third-order valence-electron chi connectivity index (χ3n) is 4.74. The number of halogens is 1. The van der Waals surface area contributed by atoms with Crippen LogP contribution in [0.1, 0.15) is 36.0 Å².